The maximum atomic E-state index is 11.9. The number of alkyl halides is 3. The number of esters is 1. The number of amides is 1. The fourth-order valence-electron chi connectivity index (χ4n) is 1.83. The molecule has 0 saturated heterocycles. The third-order valence-electron chi connectivity index (χ3n) is 3.10. The number of hydrogen-bond donors (Lipinski definition) is 2. The second-order valence-electron chi connectivity index (χ2n) is 5.31. The van der Waals surface area contributed by atoms with Gasteiger partial charge in [-0.15, -0.1) is 0 Å². The zero-order chi connectivity index (χ0) is 18.7. The lowest BCUT2D eigenvalue weighted by Crippen LogP contribution is -2.35. The molecule has 0 aliphatic rings. The zero-order valence-corrected chi connectivity index (χ0v) is 13.6. The van der Waals surface area contributed by atoms with Crippen LogP contribution in [0.2, 0.25) is 0 Å². The Hall–Kier alpha value is -2.29. The third kappa shape index (κ3) is 10.2. The topological polar surface area (TPSA) is 90.6 Å². The van der Waals surface area contributed by atoms with E-state index < -0.39 is 30.9 Å². The highest BCUT2D eigenvalue weighted by Crippen LogP contribution is 2.15. The largest absolute Gasteiger partial charge is 0.455 e. The van der Waals surface area contributed by atoms with Gasteiger partial charge in [-0.1, -0.05) is 30.3 Å². The first-order valence-electron chi connectivity index (χ1n) is 7.71. The highest BCUT2D eigenvalue weighted by Gasteiger charge is 2.30. The van der Waals surface area contributed by atoms with Crippen molar-refractivity contribution in [1.29, 1.82) is 0 Å². The summed E-state index contributed by atoms with van der Waals surface area (Å²) in [4.78, 5) is 22.7. The number of carbonyl (C=O) groups is 2. The summed E-state index contributed by atoms with van der Waals surface area (Å²) in [5.74, 6) is -1.09. The van der Waals surface area contributed by atoms with Crippen molar-refractivity contribution in [1.82, 2.24) is 5.32 Å². The lowest BCUT2D eigenvalue weighted by atomic mass is 10.1. The van der Waals surface area contributed by atoms with Crippen LogP contribution in [0.1, 0.15) is 24.8 Å². The van der Waals surface area contributed by atoms with Crippen molar-refractivity contribution in [2.24, 2.45) is 5.73 Å². The molecule has 1 atom stereocenters. The number of halogens is 3. The molecule has 0 heterocycles. The molecule has 0 fully saturated rings. The van der Waals surface area contributed by atoms with Crippen molar-refractivity contribution in [3.05, 3.63) is 35.9 Å². The maximum absolute atomic E-state index is 11.9. The molecule has 25 heavy (non-hydrogen) atoms. The average Bonchev–Trinajstić information content (AvgIpc) is 2.57. The molecule has 0 radical (unpaired) electrons. The van der Waals surface area contributed by atoms with E-state index in [-0.39, 0.29) is 13.0 Å². The van der Waals surface area contributed by atoms with Gasteiger partial charge < -0.3 is 20.5 Å². The molecule has 3 N–H and O–H groups in total. The Labute approximate surface area is 143 Å². The van der Waals surface area contributed by atoms with Gasteiger partial charge in [-0.3, -0.25) is 4.79 Å². The molecule has 140 valence electrons. The number of nitrogens with two attached hydrogens (primary N) is 1. The summed E-state index contributed by atoms with van der Waals surface area (Å²) in [5.41, 5.74) is 6.31. The van der Waals surface area contributed by atoms with Gasteiger partial charge in [0.2, 0.25) is 0 Å². The van der Waals surface area contributed by atoms with Gasteiger partial charge in [0.1, 0.15) is 12.6 Å². The van der Waals surface area contributed by atoms with E-state index in [1.54, 1.807) is 0 Å². The Bertz CT molecular complexity index is 538. The van der Waals surface area contributed by atoms with Crippen LogP contribution >= 0.6 is 0 Å². The average molecular weight is 362 g/mol. The number of hydrogen-bond acceptors (Lipinski definition) is 5. The van der Waals surface area contributed by atoms with Gasteiger partial charge in [-0.2, -0.15) is 13.2 Å². The molecule has 0 saturated carbocycles. The predicted octanol–water partition coefficient (Wildman–Crippen LogP) is 2.52. The van der Waals surface area contributed by atoms with E-state index in [2.05, 4.69) is 10.1 Å². The summed E-state index contributed by atoms with van der Waals surface area (Å²) in [6.07, 6.45) is -4.03. The number of alkyl carbamates (subject to hydrolysis) is 1. The first-order chi connectivity index (χ1) is 11.8. The Morgan fingerprint density at radius 2 is 1.80 bits per heavy atom. The molecule has 0 aliphatic carbocycles. The Morgan fingerprint density at radius 3 is 2.44 bits per heavy atom. The summed E-state index contributed by atoms with van der Waals surface area (Å²) >= 11 is 0. The molecular weight excluding hydrogens is 341 g/mol. The van der Waals surface area contributed by atoms with Crippen molar-refractivity contribution in [2.45, 2.75) is 38.1 Å². The van der Waals surface area contributed by atoms with Crippen molar-refractivity contribution in [3.63, 3.8) is 0 Å². The quantitative estimate of drug-likeness (QED) is 0.520. The molecule has 1 rings (SSSR count). The van der Waals surface area contributed by atoms with Crippen molar-refractivity contribution in [2.75, 3.05) is 13.2 Å². The lowest BCUT2D eigenvalue weighted by molar-refractivity contribution is -0.187. The van der Waals surface area contributed by atoms with E-state index in [9.17, 15) is 22.8 Å². The first kappa shape index (κ1) is 20.8. The van der Waals surface area contributed by atoms with Gasteiger partial charge in [0.25, 0.3) is 0 Å². The number of benzene rings is 1. The van der Waals surface area contributed by atoms with Crippen LogP contribution in [-0.4, -0.2) is 37.4 Å². The summed E-state index contributed by atoms with van der Waals surface area (Å²) in [6.45, 7) is -1.19. The van der Waals surface area contributed by atoms with Crippen LogP contribution < -0.4 is 11.1 Å². The van der Waals surface area contributed by atoms with Gasteiger partial charge in [0.15, 0.2) is 6.61 Å². The fourth-order valence-corrected chi connectivity index (χ4v) is 1.83. The summed E-state index contributed by atoms with van der Waals surface area (Å²) in [5, 5.41) is 2.53. The summed E-state index contributed by atoms with van der Waals surface area (Å²) in [7, 11) is 0. The Balaban J connectivity index is 2.07. The molecule has 6 nitrogen and oxygen atoms in total. The van der Waals surface area contributed by atoms with Gasteiger partial charge in [0.05, 0.1) is 0 Å². The number of ether oxygens (including phenoxy) is 2. The van der Waals surface area contributed by atoms with Crippen LogP contribution in [0.3, 0.4) is 0 Å². The first-order valence-corrected chi connectivity index (χ1v) is 7.71. The Morgan fingerprint density at radius 1 is 1.12 bits per heavy atom. The van der Waals surface area contributed by atoms with Crippen LogP contribution in [0.25, 0.3) is 0 Å². The highest BCUT2D eigenvalue weighted by molar-refractivity contribution is 5.75. The van der Waals surface area contributed by atoms with E-state index in [4.69, 9.17) is 10.5 Å². The van der Waals surface area contributed by atoms with Crippen molar-refractivity contribution < 1.29 is 32.2 Å². The predicted molar refractivity (Wildman–Crippen MR) is 83.5 cm³/mol. The molecular formula is C16H21F3N2O4. The van der Waals surface area contributed by atoms with E-state index in [0.29, 0.717) is 19.4 Å². The number of carbonyl (C=O) groups excluding carboxylic acids is 2. The molecule has 0 bridgehead atoms. The van der Waals surface area contributed by atoms with Gasteiger partial charge in [-0.25, -0.2) is 4.79 Å². The minimum Gasteiger partial charge on any atom is -0.455 e. The van der Waals surface area contributed by atoms with E-state index >= 15 is 0 Å². The molecule has 0 aliphatic heterocycles. The third-order valence-corrected chi connectivity index (χ3v) is 3.10. The normalized spacial score (nSPS) is 12.3. The smallest absolute Gasteiger partial charge is 0.422 e. The molecule has 0 aromatic heterocycles. The summed E-state index contributed by atoms with van der Waals surface area (Å²) < 4.78 is 44.8. The minimum absolute atomic E-state index is 0.155. The lowest BCUT2D eigenvalue weighted by Gasteiger charge is -2.13. The zero-order valence-electron chi connectivity index (χ0n) is 13.6. The fraction of sp³-hybridized carbons (Fsp3) is 0.500. The number of nitrogens with one attached hydrogen (secondary N) is 1. The maximum Gasteiger partial charge on any atom is 0.422 e. The summed E-state index contributed by atoms with van der Waals surface area (Å²) in [6, 6.07) is 8.05. The molecule has 9 heteroatoms. The molecule has 1 aromatic carbocycles. The molecule has 1 aromatic rings. The standard InChI is InChI=1S/C16H21F3N2O4/c17-16(18,19)11-25-14(22)13(20)8-4-5-9-21-15(23)24-10-12-6-2-1-3-7-12/h1-3,6-7,13H,4-5,8-11,20H2,(H,21,23)/t13-/m0/s1. The van der Waals surface area contributed by atoms with Crippen LogP contribution in [0, 0.1) is 0 Å². The number of unbranched alkanes of at least 4 members (excludes halogenated alkanes) is 1. The SMILES string of the molecule is N[C@@H](CCCCNC(=O)OCc1ccccc1)C(=O)OCC(F)(F)F. The molecule has 0 unspecified atom stereocenters. The highest BCUT2D eigenvalue weighted by atomic mass is 19.4. The number of rotatable bonds is 9. The van der Waals surface area contributed by atoms with Crippen molar-refractivity contribution >= 4 is 12.1 Å². The van der Waals surface area contributed by atoms with Crippen LogP contribution in [0.15, 0.2) is 30.3 Å². The molecule has 0 spiro atoms. The second kappa shape index (κ2) is 10.5. The van der Waals surface area contributed by atoms with Crippen LogP contribution in [0.5, 0.6) is 0 Å². The van der Waals surface area contributed by atoms with Crippen molar-refractivity contribution in [3.8, 4) is 0 Å². The van der Waals surface area contributed by atoms with E-state index in [0.717, 1.165) is 5.56 Å². The van der Waals surface area contributed by atoms with E-state index in [1.165, 1.54) is 0 Å². The van der Waals surface area contributed by atoms with Gasteiger partial charge in [-0.05, 0) is 24.8 Å². The minimum atomic E-state index is -4.57. The van der Waals surface area contributed by atoms with Gasteiger partial charge in [0, 0.05) is 6.54 Å². The second-order valence-corrected chi connectivity index (χ2v) is 5.31. The monoisotopic (exact) mass is 362 g/mol. The van der Waals surface area contributed by atoms with Gasteiger partial charge >= 0.3 is 18.2 Å². The molecule has 1 amide bonds. The van der Waals surface area contributed by atoms with Crippen LogP contribution in [-0.2, 0) is 20.9 Å². The van der Waals surface area contributed by atoms with E-state index in [1.807, 2.05) is 30.3 Å². The van der Waals surface area contributed by atoms with Crippen LogP contribution in [0.4, 0.5) is 18.0 Å². The Kier molecular flexibility index (Phi) is 8.76.